The van der Waals surface area contributed by atoms with E-state index in [1.54, 1.807) is 13.8 Å². The molecule has 0 bridgehead atoms. The summed E-state index contributed by atoms with van der Waals surface area (Å²) < 4.78 is 13.6. The second-order valence-corrected chi connectivity index (χ2v) is 12.0. The fourth-order valence-corrected chi connectivity index (χ4v) is 5.63. The summed E-state index contributed by atoms with van der Waals surface area (Å²) in [7, 11) is 0. The van der Waals surface area contributed by atoms with Gasteiger partial charge in [0.1, 0.15) is 0 Å². The molecule has 0 saturated carbocycles. The van der Waals surface area contributed by atoms with Crippen LogP contribution in [0.2, 0.25) is 0 Å². The SMILES string of the molecule is CC(OC(=O)/C=C\C(=O)OC(C)(c1ccccc1)C(N)c1cccc(Br)c1)(c1ccccc1)C(N)c1cccc(Br)c1. The van der Waals surface area contributed by atoms with Crippen molar-refractivity contribution in [3.05, 3.63) is 153 Å². The van der Waals surface area contributed by atoms with E-state index in [1.165, 1.54) is 0 Å². The highest BCUT2D eigenvalue weighted by molar-refractivity contribution is 9.10. The van der Waals surface area contributed by atoms with Gasteiger partial charge >= 0.3 is 11.9 Å². The molecule has 8 heteroatoms. The molecule has 4 aromatic rings. The maximum absolute atomic E-state index is 13.2. The van der Waals surface area contributed by atoms with Crippen LogP contribution in [0.5, 0.6) is 0 Å². The van der Waals surface area contributed by atoms with Crippen molar-refractivity contribution in [1.29, 1.82) is 0 Å². The van der Waals surface area contributed by atoms with Crippen molar-refractivity contribution in [2.75, 3.05) is 0 Å². The first kappa shape index (κ1) is 31.4. The zero-order chi connectivity index (χ0) is 30.3. The summed E-state index contributed by atoms with van der Waals surface area (Å²) in [6, 6.07) is 32.1. The molecule has 0 radical (unpaired) electrons. The van der Waals surface area contributed by atoms with Crippen LogP contribution in [0.15, 0.2) is 130 Å². The third-order valence-corrected chi connectivity index (χ3v) is 8.26. The number of carbonyl (C=O) groups is 2. The quantitative estimate of drug-likeness (QED) is 0.133. The first-order valence-electron chi connectivity index (χ1n) is 13.3. The number of carbonyl (C=O) groups excluding carboxylic acids is 2. The first-order valence-corrected chi connectivity index (χ1v) is 14.9. The van der Waals surface area contributed by atoms with E-state index in [-0.39, 0.29) is 0 Å². The molecule has 42 heavy (non-hydrogen) atoms. The number of halogens is 2. The largest absolute Gasteiger partial charge is 0.449 e. The first-order chi connectivity index (χ1) is 20.0. The molecule has 4 N–H and O–H groups in total. The highest BCUT2D eigenvalue weighted by Crippen LogP contribution is 2.39. The number of hydrogen-bond acceptors (Lipinski definition) is 6. The van der Waals surface area contributed by atoms with Gasteiger partial charge in [-0.25, -0.2) is 9.59 Å². The molecular formula is C34H32Br2N2O4. The van der Waals surface area contributed by atoms with E-state index in [2.05, 4.69) is 31.9 Å². The van der Waals surface area contributed by atoms with Crippen molar-refractivity contribution in [2.45, 2.75) is 37.1 Å². The third-order valence-electron chi connectivity index (χ3n) is 7.28. The zero-order valence-electron chi connectivity index (χ0n) is 23.2. The lowest BCUT2D eigenvalue weighted by atomic mass is 9.84. The number of benzene rings is 4. The fourth-order valence-electron chi connectivity index (χ4n) is 4.80. The predicted octanol–water partition coefficient (Wildman–Crippen LogP) is 7.38. The molecule has 0 saturated heterocycles. The molecule has 4 aromatic carbocycles. The Morgan fingerprint density at radius 2 is 0.976 bits per heavy atom. The lowest BCUT2D eigenvalue weighted by Crippen LogP contribution is -2.40. The Morgan fingerprint density at radius 3 is 1.31 bits per heavy atom. The van der Waals surface area contributed by atoms with Gasteiger partial charge in [-0.3, -0.25) is 0 Å². The van der Waals surface area contributed by atoms with E-state index in [0.717, 1.165) is 32.2 Å². The van der Waals surface area contributed by atoms with Crippen LogP contribution in [0.3, 0.4) is 0 Å². The molecule has 0 aliphatic heterocycles. The molecule has 0 fully saturated rings. The van der Waals surface area contributed by atoms with Crippen LogP contribution in [0, 0.1) is 0 Å². The number of ether oxygens (including phenoxy) is 2. The van der Waals surface area contributed by atoms with E-state index in [9.17, 15) is 9.59 Å². The molecule has 216 valence electrons. The van der Waals surface area contributed by atoms with Crippen molar-refractivity contribution in [2.24, 2.45) is 11.5 Å². The maximum Gasteiger partial charge on any atom is 0.331 e. The highest BCUT2D eigenvalue weighted by Gasteiger charge is 2.40. The molecule has 0 aromatic heterocycles. The van der Waals surface area contributed by atoms with Crippen molar-refractivity contribution < 1.29 is 19.1 Å². The average Bonchev–Trinajstić information content (AvgIpc) is 3.00. The van der Waals surface area contributed by atoms with Gasteiger partial charge in [0.25, 0.3) is 0 Å². The van der Waals surface area contributed by atoms with E-state index in [1.807, 2.05) is 109 Å². The molecule has 0 aliphatic rings. The Hall–Kier alpha value is -3.56. The molecule has 0 aliphatic carbocycles. The van der Waals surface area contributed by atoms with E-state index >= 15 is 0 Å². The van der Waals surface area contributed by atoms with Crippen molar-refractivity contribution in [3.8, 4) is 0 Å². The van der Waals surface area contributed by atoms with E-state index in [4.69, 9.17) is 20.9 Å². The lowest BCUT2D eigenvalue weighted by Gasteiger charge is -2.36. The summed E-state index contributed by atoms with van der Waals surface area (Å²) >= 11 is 6.95. The van der Waals surface area contributed by atoms with Gasteiger partial charge in [0.2, 0.25) is 0 Å². The van der Waals surface area contributed by atoms with Gasteiger partial charge in [-0.05, 0) is 60.4 Å². The Morgan fingerprint density at radius 1 is 0.619 bits per heavy atom. The normalized spacial score (nSPS) is 15.7. The van der Waals surface area contributed by atoms with Crippen LogP contribution in [-0.2, 0) is 30.3 Å². The monoisotopic (exact) mass is 690 g/mol. The smallest absolute Gasteiger partial charge is 0.331 e. The number of hydrogen-bond donors (Lipinski definition) is 2. The van der Waals surface area contributed by atoms with Crippen LogP contribution >= 0.6 is 31.9 Å². The molecule has 0 heterocycles. The molecule has 4 rings (SSSR count). The third kappa shape index (κ3) is 7.25. The lowest BCUT2D eigenvalue weighted by molar-refractivity contribution is -0.158. The van der Waals surface area contributed by atoms with E-state index in [0.29, 0.717) is 11.1 Å². The Labute approximate surface area is 263 Å². The summed E-state index contributed by atoms with van der Waals surface area (Å²) in [4.78, 5) is 26.3. The molecule has 0 spiro atoms. The maximum atomic E-state index is 13.2. The minimum atomic E-state index is -1.24. The summed E-state index contributed by atoms with van der Waals surface area (Å²) in [5.74, 6) is -1.50. The zero-order valence-corrected chi connectivity index (χ0v) is 26.4. The Balaban J connectivity index is 1.58. The van der Waals surface area contributed by atoms with Gasteiger partial charge in [-0.2, -0.15) is 0 Å². The van der Waals surface area contributed by atoms with Crippen LogP contribution in [0.1, 0.15) is 48.2 Å². The van der Waals surface area contributed by atoms with Gasteiger partial charge in [0, 0.05) is 21.1 Å². The van der Waals surface area contributed by atoms with Gasteiger partial charge in [-0.1, -0.05) is 117 Å². The second-order valence-electron chi connectivity index (χ2n) is 10.2. The molecule has 4 unspecified atom stereocenters. The summed E-state index contributed by atoms with van der Waals surface area (Å²) in [5.41, 5.74) is 13.9. The number of nitrogens with two attached hydrogens (primary N) is 2. The minimum absolute atomic E-state index is 0.703. The van der Waals surface area contributed by atoms with Gasteiger partial charge in [0.15, 0.2) is 11.2 Å². The van der Waals surface area contributed by atoms with Crippen LogP contribution in [0.25, 0.3) is 0 Å². The molecular weight excluding hydrogens is 660 g/mol. The predicted molar refractivity (Wildman–Crippen MR) is 171 cm³/mol. The summed E-state index contributed by atoms with van der Waals surface area (Å²) in [6.07, 6.45) is 2.10. The van der Waals surface area contributed by atoms with Crippen LogP contribution in [0.4, 0.5) is 0 Å². The minimum Gasteiger partial charge on any atom is -0.449 e. The standard InChI is InChI=1S/C34H32Br2N2O4/c1-33(25-13-5-3-6-14-25,31(37)23-11-9-17-27(35)21-23)41-29(39)19-20-30(40)42-34(2,26-15-7-4-8-16-26)32(38)24-12-10-18-28(36)22-24/h3-22,31-32H,37-38H2,1-2H3/b20-19-. The molecule has 6 nitrogen and oxygen atoms in total. The number of esters is 2. The Bertz CT molecular complexity index is 1450. The summed E-state index contributed by atoms with van der Waals surface area (Å²) in [6.45, 7) is 3.50. The van der Waals surface area contributed by atoms with Gasteiger partial charge < -0.3 is 20.9 Å². The van der Waals surface area contributed by atoms with Crippen LogP contribution < -0.4 is 11.5 Å². The van der Waals surface area contributed by atoms with E-state index < -0.39 is 35.2 Å². The van der Waals surface area contributed by atoms with Gasteiger partial charge in [-0.15, -0.1) is 0 Å². The summed E-state index contributed by atoms with van der Waals surface area (Å²) in [5, 5.41) is 0. The molecule has 4 atom stereocenters. The number of rotatable bonds is 10. The highest BCUT2D eigenvalue weighted by atomic mass is 79.9. The fraction of sp³-hybridized carbons (Fsp3) is 0.176. The topological polar surface area (TPSA) is 105 Å². The van der Waals surface area contributed by atoms with Crippen molar-refractivity contribution in [1.82, 2.24) is 0 Å². The Kier molecular flexibility index (Phi) is 10.2. The second kappa shape index (κ2) is 13.6. The van der Waals surface area contributed by atoms with Crippen molar-refractivity contribution >= 4 is 43.8 Å². The van der Waals surface area contributed by atoms with Crippen LogP contribution in [-0.4, -0.2) is 11.9 Å². The average molecular weight is 692 g/mol. The van der Waals surface area contributed by atoms with Gasteiger partial charge in [0.05, 0.1) is 12.1 Å². The molecule has 0 amide bonds. The van der Waals surface area contributed by atoms with Crippen molar-refractivity contribution in [3.63, 3.8) is 0 Å².